The number of hydrogen-bond acceptors (Lipinski definition) is 1. The number of hydrogen-bond donors (Lipinski definition) is 1. The Morgan fingerprint density at radius 2 is 2.21 bits per heavy atom. The van der Waals surface area contributed by atoms with Crippen LogP contribution in [0.2, 0.25) is 5.15 Å². The molecular weight excluding hydrogens is 263 g/mol. The zero-order valence-corrected chi connectivity index (χ0v) is 9.85. The van der Waals surface area contributed by atoms with E-state index in [0.29, 0.717) is 6.54 Å². The van der Waals surface area contributed by atoms with E-state index >= 15 is 0 Å². The van der Waals surface area contributed by atoms with Gasteiger partial charge in [-0.15, -0.1) is 0 Å². The Bertz CT molecular complexity index is 464. The van der Waals surface area contributed by atoms with E-state index in [2.05, 4.69) is 15.9 Å². The Labute approximate surface area is 95.8 Å². The zero-order chi connectivity index (χ0) is 10.1. The molecular formula is C10H10BrClN2. The molecule has 2 nitrogen and oxygen atoms in total. The summed E-state index contributed by atoms with van der Waals surface area (Å²) < 4.78 is 3.07. The molecule has 2 rings (SSSR count). The van der Waals surface area contributed by atoms with Crippen LogP contribution < -0.4 is 5.73 Å². The second-order valence-corrected chi connectivity index (χ2v) is 4.33. The van der Waals surface area contributed by atoms with Crippen LogP contribution >= 0.6 is 27.5 Å². The molecule has 0 spiro atoms. The van der Waals surface area contributed by atoms with Crippen LogP contribution in [0.25, 0.3) is 10.9 Å². The van der Waals surface area contributed by atoms with Crippen molar-refractivity contribution in [3.05, 3.63) is 33.9 Å². The van der Waals surface area contributed by atoms with Gasteiger partial charge in [0.25, 0.3) is 0 Å². The van der Waals surface area contributed by atoms with Gasteiger partial charge in [0.2, 0.25) is 0 Å². The first-order chi connectivity index (χ1) is 6.74. The van der Waals surface area contributed by atoms with Crippen molar-refractivity contribution in [2.75, 3.05) is 6.54 Å². The molecule has 0 aliphatic rings. The van der Waals surface area contributed by atoms with Gasteiger partial charge >= 0.3 is 0 Å². The average Bonchev–Trinajstić information content (AvgIpc) is 2.45. The maximum absolute atomic E-state index is 6.10. The number of para-hydroxylation sites is 1. The first-order valence-corrected chi connectivity index (χ1v) is 5.54. The van der Waals surface area contributed by atoms with Gasteiger partial charge in [0, 0.05) is 22.9 Å². The van der Waals surface area contributed by atoms with E-state index in [9.17, 15) is 0 Å². The normalized spacial score (nSPS) is 11.1. The van der Waals surface area contributed by atoms with Crippen molar-refractivity contribution in [3.63, 3.8) is 0 Å². The highest BCUT2D eigenvalue weighted by Gasteiger charge is 2.08. The van der Waals surface area contributed by atoms with Gasteiger partial charge in [0.15, 0.2) is 0 Å². The smallest absolute Gasteiger partial charge is 0.110 e. The quantitative estimate of drug-likeness (QED) is 0.896. The van der Waals surface area contributed by atoms with Crippen molar-refractivity contribution in [2.24, 2.45) is 5.73 Å². The maximum Gasteiger partial charge on any atom is 0.110 e. The second-order valence-electron chi connectivity index (χ2n) is 3.09. The lowest BCUT2D eigenvalue weighted by Crippen LogP contribution is -2.09. The van der Waals surface area contributed by atoms with Crippen LogP contribution in [0.3, 0.4) is 0 Å². The van der Waals surface area contributed by atoms with E-state index in [-0.39, 0.29) is 0 Å². The molecule has 0 atom stereocenters. The molecule has 0 fully saturated rings. The Morgan fingerprint density at radius 3 is 2.93 bits per heavy atom. The summed E-state index contributed by atoms with van der Waals surface area (Å²) in [6, 6.07) is 8.00. The van der Waals surface area contributed by atoms with Gasteiger partial charge in [0.1, 0.15) is 5.15 Å². The van der Waals surface area contributed by atoms with Crippen molar-refractivity contribution in [2.45, 2.75) is 6.54 Å². The average molecular weight is 274 g/mol. The summed E-state index contributed by atoms with van der Waals surface area (Å²) >= 11 is 9.62. The molecule has 0 bridgehead atoms. The van der Waals surface area contributed by atoms with Crippen LogP contribution in [0.5, 0.6) is 0 Å². The van der Waals surface area contributed by atoms with E-state index in [0.717, 1.165) is 27.1 Å². The molecule has 14 heavy (non-hydrogen) atoms. The predicted octanol–water partition coefficient (Wildman–Crippen LogP) is 3.02. The number of aromatic nitrogens is 1. The minimum Gasteiger partial charge on any atom is -0.329 e. The minimum atomic E-state index is 0.588. The molecule has 1 heterocycles. The molecule has 74 valence electrons. The Hall–Kier alpha value is -0.510. The van der Waals surface area contributed by atoms with Crippen molar-refractivity contribution in [1.82, 2.24) is 4.57 Å². The number of halogens is 2. The van der Waals surface area contributed by atoms with Gasteiger partial charge in [-0.2, -0.15) is 0 Å². The van der Waals surface area contributed by atoms with Crippen LogP contribution in [0.15, 0.2) is 28.7 Å². The number of nitrogens with two attached hydrogens (primary N) is 1. The van der Waals surface area contributed by atoms with Gasteiger partial charge in [-0.1, -0.05) is 23.7 Å². The number of nitrogens with zero attached hydrogens (tertiary/aromatic N) is 1. The summed E-state index contributed by atoms with van der Waals surface area (Å²) in [5, 5.41) is 1.87. The Balaban J connectivity index is 2.73. The summed E-state index contributed by atoms with van der Waals surface area (Å²) in [6.45, 7) is 1.33. The van der Waals surface area contributed by atoms with E-state index in [4.69, 9.17) is 17.3 Å². The molecule has 4 heteroatoms. The molecule has 1 aromatic carbocycles. The molecule has 2 N–H and O–H groups in total. The highest BCUT2D eigenvalue weighted by Crippen LogP contribution is 2.29. The van der Waals surface area contributed by atoms with Crippen molar-refractivity contribution in [3.8, 4) is 0 Å². The molecule has 2 aromatic rings. The highest BCUT2D eigenvalue weighted by molar-refractivity contribution is 9.10. The van der Waals surface area contributed by atoms with Gasteiger partial charge in [-0.3, -0.25) is 0 Å². The molecule has 0 saturated heterocycles. The van der Waals surface area contributed by atoms with Crippen LogP contribution in [-0.4, -0.2) is 11.1 Å². The fraction of sp³-hybridized carbons (Fsp3) is 0.200. The summed E-state index contributed by atoms with van der Waals surface area (Å²) in [6.07, 6.45) is 0. The lowest BCUT2D eigenvalue weighted by molar-refractivity contribution is 0.735. The van der Waals surface area contributed by atoms with Gasteiger partial charge in [-0.05, 0) is 28.1 Å². The van der Waals surface area contributed by atoms with E-state index in [1.807, 2.05) is 28.8 Å². The third kappa shape index (κ3) is 1.56. The fourth-order valence-corrected chi connectivity index (χ4v) is 2.48. The molecule has 0 radical (unpaired) electrons. The molecule has 1 aromatic heterocycles. The van der Waals surface area contributed by atoms with Crippen LogP contribution in [0.4, 0.5) is 0 Å². The minimum absolute atomic E-state index is 0.588. The standard InChI is InChI=1S/C10H10BrClN2/c11-8-3-1-2-7-6-9(12)14(5-4-13)10(7)8/h1-3,6H,4-5,13H2. The fourth-order valence-electron chi connectivity index (χ4n) is 1.59. The Morgan fingerprint density at radius 1 is 1.43 bits per heavy atom. The van der Waals surface area contributed by atoms with E-state index < -0.39 is 0 Å². The highest BCUT2D eigenvalue weighted by atomic mass is 79.9. The number of rotatable bonds is 2. The number of benzene rings is 1. The lowest BCUT2D eigenvalue weighted by atomic mass is 10.2. The monoisotopic (exact) mass is 272 g/mol. The SMILES string of the molecule is NCCn1c(Cl)cc2cccc(Br)c21. The molecule has 0 saturated carbocycles. The first-order valence-electron chi connectivity index (χ1n) is 4.37. The summed E-state index contributed by atoms with van der Waals surface area (Å²) in [5.41, 5.74) is 6.65. The zero-order valence-electron chi connectivity index (χ0n) is 7.50. The molecule has 0 amide bonds. The molecule has 0 aliphatic carbocycles. The summed E-state index contributed by atoms with van der Waals surface area (Å²) in [5.74, 6) is 0. The summed E-state index contributed by atoms with van der Waals surface area (Å²) in [4.78, 5) is 0. The lowest BCUT2D eigenvalue weighted by Gasteiger charge is -2.05. The van der Waals surface area contributed by atoms with Gasteiger partial charge in [-0.25, -0.2) is 0 Å². The van der Waals surface area contributed by atoms with Crippen molar-refractivity contribution in [1.29, 1.82) is 0 Å². The predicted molar refractivity (Wildman–Crippen MR) is 63.7 cm³/mol. The maximum atomic E-state index is 6.10. The van der Waals surface area contributed by atoms with Gasteiger partial charge < -0.3 is 10.3 Å². The Kier molecular flexibility index (Phi) is 2.81. The third-order valence-electron chi connectivity index (χ3n) is 2.17. The van der Waals surface area contributed by atoms with Gasteiger partial charge in [0.05, 0.1) is 5.52 Å². The second kappa shape index (κ2) is 3.93. The molecule has 0 unspecified atom stereocenters. The van der Waals surface area contributed by atoms with Crippen LogP contribution in [0, 0.1) is 0 Å². The third-order valence-corrected chi connectivity index (χ3v) is 3.13. The van der Waals surface area contributed by atoms with E-state index in [1.54, 1.807) is 0 Å². The van der Waals surface area contributed by atoms with E-state index in [1.165, 1.54) is 0 Å². The molecule has 0 aliphatic heterocycles. The summed E-state index contributed by atoms with van der Waals surface area (Å²) in [7, 11) is 0. The largest absolute Gasteiger partial charge is 0.329 e. The van der Waals surface area contributed by atoms with Crippen LogP contribution in [-0.2, 0) is 6.54 Å². The van der Waals surface area contributed by atoms with Crippen molar-refractivity contribution < 1.29 is 0 Å². The first kappa shape index (κ1) is 10.0. The van der Waals surface area contributed by atoms with Crippen LogP contribution in [0.1, 0.15) is 0 Å². The topological polar surface area (TPSA) is 30.9 Å². The van der Waals surface area contributed by atoms with Crippen molar-refractivity contribution >= 4 is 38.4 Å². The number of fused-ring (bicyclic) bond motifs is 1.